The first-order chi connectivity index (χ1) is 12.2. The van der Waals surface area contributed by atoms with Crippen LogP contribution >= 0.6 is 23.5 Å². The topological polar surface area (TPSA) is 58.2 Å². The molecular formula is C19H26N2O2S2. The Kier molecular flexibility index (Phi) is 7.11. The fourth-order valence-corrected chi connectivity index (χ4v) is 5.67. The number of amides is 2. The molecule has 1 aromatic carbocycles. The molecule has 2 aliphatic rings. The maximum Gasteiger partial charge on any atom is 0.238 e. The van der Waals surface area contributed by atoms with Gasteiger partial charge in [-0.15, -0.1) is 11.8 Å². The Balaban J connectivity index is 1.33. The molecule has 3 rings (SSSR count). The summed E-state index contributed by atoms with van der Waals surface area (Å²) in [5.74, 6) is 0.998. The molecule has 0 spiro atoms. The Morgan fingerprint density at radius 1 is 1.24 bits per heavy atom. The van der Waals surface area contributed by atoms with E-state index in [1.54, 1.807) is 0 Å². The van der Waals surface area contributed by atoms with Gasteiger partial charge in [-0.05, 0) is 37.1 Å². The maximum absolute atomic E-state index is 12.1. The van der Waals surface area contributed by atoms with Crippen molar-refractivity contribution in [3.05, 3.63) is 24.3 Å². The number of anilines is 1. The molecule has 0 saturated heterocycles. The summed E-state index contributed by atoms with van der Waals surface area (Å²) in [4.78, 5) is 25.3. The number of para-hydroxylation sites is 1. The quantitative estimate of drug-likeness (QED) is 0.703. The summed E-state index contributed by atoms with van der Waals surface area (Å²) in [6.45, 7) is 0.703. The van der Waals surface area contributed by atoms with Gasteiger partial charge in [0.15, 0.2) is 0 Å². The van der Waals surface area contributed by atoms with Gasteiger partial charge >= 0.3 is 0 Å². The molecule has 1 aliphatic carbocycles. The van der Waals surface area contributed by atoms with Crippen molar-refractivity contribution < 1.29 is 9.59 Å². The minimum Gasteiger partial charge on any atom is -0.356 e. The molecule has 0 bridgehead atoms. The molecular weight excluding hydrogens is 352 g/mol. The highest BCUT2D eigenvalue weighted by Crippen LogP contribution is 2.36. The number of hydrogen-bond acceptors (Lipinski definition) is 4. The monoisotopic (exact) mass is 378 g/mol. The molecule has 1 atom stereocenters. The van der Waals surface area contributed by atoms with E-state index in [-0.39, 0.29) is 23.5 Å². The van der Waals surface area contributed by atoms with Gasteiger partial charge in [-0.1, -0.05) is 31.4 Å². The van der Waals surface area contributed by atoms with Gasteiger partial charge in [0.2, 0.25) is 11.8 Å². The largest absolute Gasteiger partial charge is 0.356 e. The summed E-state index contributed by atoms with van der Waals surface area (Å²) < 4.78 is 0. The number of benzene rings is 1. The third-order valence-corrected chi connectivity index (χ3v) is 7.37. The lowest BCUT2D eigenvalue weighted by atomic mass is 10.0. The molecule has 1 aliphatic heterocycles. The summed E-state index contributed by atoms with van der Waals surface area (Å²) in [5.41, 5.74) is 0.842. The Bertz CT molecular complexity index is 603. The van der Waals surface area contributed by atoms with Crippen LogP contribution in [-0.2, 0) is 9.59 Å². The molecule has 1 unspecified atom stereocenters. The number of nitrogens with one attached hydrogen (secondary N) is 2. The number of hydrogen-bond donors (Lipinski definition) is 2. The van der Waals surface area contributed by atoms with Crippen LogP contribution in [0.4, 0.5) is 5.69 Å². The Morgan fingerprint density at radius 2 is 2.04 bits per heavy atom. The lowest BCUT2D eigenvalue weighted by Crippen LogP contribution is -2.35. The SMILES string of the molecule is O=C(CC1Sc2ccccc2NC1=O)NCCCSC1CCCCC1. The van der Waals surface area contributed by atoms with E-state index in [9.17, 15) is 9.59 Å². The van der Waals surface area contributed by atoms with Crippen LogP contribution in [0.15, 0.2) is 29.2 Å². The number of carbonyl (C=O) groups is 2. The minimum atomic E-state index is -0.341. The third-order valence-electron chi connectivity index (χ3n) is 4.63. The van der Waals surface area contributed by atoms with E-state index >= 15 is 0 Å². The molecule has 2 amide bonds. The van der Waals surface area contributed by atoms with Crippen LogP contribution in [0.25, 0.3) is 0 Å². The first-order valence-electron chi connectivity index (χ1n) is 9.17. The minimum absolute atomic E-state index is 0.0327. The van der Waals surface area contributed by atoms with Gasteiger partial charge in [-0.3, -0.25) is 9.59 Å². The van der Waals surface area contributed by atoms with Crippen molar-refractivity contribution in [1.82, 2.24) is 5.32 Å². The normalized spacial score (nSPS) is 20.6. The molecule has 6 heteroatoms. The Hall–Kier alpha value is -1.14. The lowest BCUT2D eigenvalue weighted by Gasteiger charge is -2.23. The number of carbonyl (C=O) groups excluding carboxylic acids is 2. The van der Waals surface area contributed by atoms with Crippen LogP contribution in [0, 0.1) is 0 Å². The van der Waals surface area contributed by atoms with E-state index in [0.29, 0.717) is 6.54 Å². The van der Waals surface area contributed by atoms with Gasteiger partial charge in [0.25, 0.3) is 0 Å². The molecule has 2 N–H and O–H groups in total. The fraction of sp³-hybridized carbons (Fsp3) is 0.579. The smallest absolute Gasteiger partial charge is 0.238 e. The molecule has 0 radical (unpaired) electrons. The summed E-state index contributed by atoms with van der Waals surface area (Å²) >= 11 is 3.54. The summed E-state index contributed by atoms with van der Waals surface area (Å²) in [6.07, 6.45) is 8.08. The maximum atomic E-state index is 12.1. The number of fused-ring (bicyclic) bond motifs is 1. The van der Waals surface area contributed by atoms with Gasteiger partial charge in [0.1, 0.15) is 0 Å². The summed E-state index contributed by atoms with van der Waals surface area (Å²) in [7, 11) is 0. The molecule has 1 aromatic rings. The van der Waals surface area contributed by atoms with Crippen molar-refractivity contribution in [3.63, 3.8) is 0 Å². The predicted octanol–water partition coefficient (Wildman–Crippen LogP) is 4.06. The van der Waals surface area contributed by atoms with E-state index in [1.807, 2.05) is 24.3 Å². The van der Waals surface area contributed by atoms with Crippen LogP contribution in [0.1, 0.15) is 44.9 Å². The zero-order chi connectivity index (χ0) is 17.5. The van der Waals surface area contributed by atoms with Crippen LogP contribution in [-0.4, -0.2) is 34.6 Å². The molecule has 1 saturated carbocycles. The Morgan fingerprint density at radius 3 is 2.88 bits per heavy atom. The van der Waals surface area contributed by atoms with E-state index in [2.05, 4.69) is 22.4 Å². The highest BCUT2D eigenvalue weighted by Gasteiger charge is 2.28. The zero-order valence-corrected chi connectivity index (χ0v) is 16.1. The molecule has 25 heavy (non-hydrogen) atoms. The van der Waals surface area contributed by atoms with Crippen LogP contribution in [0.2, 0.25) is 0 Å². The third kappa shape index (κ3) is 5.68. The van der Waals surface area contributed by atoms with E-state index in [0.717, 1.165) is 28.0 Å². The van der Waals surface area contributed by atoms with Crippen LogP contribution < -0.4 is 10.6 Å². The number of rotatable bonds is 7. The lowest BCUT2D eigenvalue weighted by molar-refractivity contribution is -0.124. The van der Waals surface area contributed by atoms with Crippen LogP contribution in [0.5, 0.6) is 0 Å². The standard InChI is InChI=1S/C19H26N2O2S2/c22-18(20-11-6-12-24-14-7-2-1-3-8-14)13-17-19(23)21-15-9-4-5-10-16(15)25-17/h4-5,9-10,14,17H,1-3,6-8,11-13H2,(H,20,22)(H,21,23). The van der Waals surface area contributed by atoms with Crippen molar-refractivity contribution in [3.8, 4) is 0 Å². The van der Waals surface area contributed by atoms with Gasteiger partial charge in [0, 0.05) is 23.1 Å². The van der Waals surface area contributed by atoms with Gasteiger partial charge in [-0.2, -0.15) is 11.8 Å². The average molecular weight is 379 g/mol. The van der Waals surface area contributed by atoms with Crippen molar-refractivity contribution in [2.75, 3.05) is 17.6 Å². The van der Waals surface area contributed by atoms with Crippen LogP contribution in [0.3, 0.4) is 0 Å². The summed E-state index contributed by atoms with van der Waals surface area (Å²) in [6, 6.07) is 7.72. The van der Waals surface area contributed by atoms with Crippen molar-refractivity contribution >= 4 is 41.0 Å². The first-order valence-corrected chi connectivity index (χ1v) is 11.1. The van der Waals surface area contributed by atoms with Crippen molar-refractivity contribution in [2.24, 2.45) is 0 Å². The first kappa shape index (κ1) is 18.6. The molecule has 136 valence electrons. The molecule has 1 heterocycles. The second-order valence-electron chi connectivity index (χ2n) is 6.63. The molecule has 0 aromatic heterocycles. The predicted molar refractivity (Wildman–Crippen MR) is 106 cm³/mol. The Labute approximate surface area is 158 Å². The zero-order valence-electron chi connectivity index (χ0n) is 14.5. The van der Waals surface area contributed by atoms with Crippen molar-refractivity contribution in [2.45, 2.75) is 60.3 Å². The molecule has 4 nitrogen and oxygen atoms in total. The van der Waals surface area contributed by atoms with Gasteiger partial charge in [-0.25, -0.2) is 0 Å². The second kappa shape index (κ2) is 9.53. The van der Waals surface area contributed by atoms with Crippen molar-refractivity contribution in [1.29, 1.82) is 0 Å². The molecule has 1 fully saturated rings. The van der Waals surface area contributed by atoms with E-state index in [1.165, 1.54) is 43.9 Å². The van der Waals surface area contributed by atoms with Gasteiger partial charge < -0.3 is 10.6 Å². The fourth-order valence-electron chi connectivity index (χ4n) is 3.25. The highest BCUT2D eigenvalue weighted by molar-refractivity contribution is 8.01. The highest BCUT2D eigenvalue weighted by atomic mass is 32.2. The average Bonchev–Trinajstić information content (AvgIpc) is 2.63. The van der Waals surface area contributed by atoms with E-state index in [4.69, 9.17) is 0 Å². The summed E-state index contributed by atoms with van der Waals surface area (Å²) in [5, 5.41) is 6.34. The number of thioether (sulfide) groups is 2. The second-order valence-corrected chi connectivity index (χ2v) is 9.28. The van der Waals surface area contributed by atoms with E-state index < -0.39 is 0 Å². The van der Waals surface area contributed by atoms with Gasteiger partial charge in [0.05, 0.1) is 10.9 Å².